The van der Waals surface area contributed by atoms with E-state index in [2.05, 4.69) is 21.2 Å². The van der Waals surface area contributed by atoms with Crippen molar-refractivity contribution in [1.29, 1.82) is 0 Å². The minimum absolute atomic E-state index is 0.316. The van der Waals surface area contributed by atoms with Gasteiger partial charge in [0.15, 0.2) is 0 Å². The first kappa shape index (κ1) is 9.80. The number of rotatable bonds is 0. The first-order valence-corrected chi connectivity index (χ1v) is 5.22. The lowest BCUT2D eigenvalue weighted by molar-refractivity contribution is 0.116. The predicted octanol–water partition coefficient (Wildman–Crippen LogP) is 3.73. The van der Waals surface area contributed by atoms with Gasteiger partial charge in [-0.2, -0.15) is 0 Å². The molecule has 1 aromatic rings. The molecule has 0 aliphatic carbocycles. The topological polar surface area (TPSA) is 38.3 Å². The van der Waals surface area contributed by atoms with Gasteiger partial charge in [-0.25, -0.2) is 4.79 Å². The maximum absolute atomic E-state index is 11.0. The number of carbonyl (C=O) groups excluding carboxylic acids is 1. The molecule has 74 valence electrons. The van der Waals surface area contributed by atoms with Crippen LogP contribution >= 0.6 is 27.5 Å². The third-order valence-corrected chi connectivity index (χ3v) is 3.36. The maximum atomic E-state index is 11.0. The smallest absolute Gasteiger partial charge is 0.412 e. The van der Waals surface area contributed by atoms with Crippen LogP contribution in [-0.4, -0.2) is 6.09 Å². The molecular weight excluding hydrogens is 269 g/mol. The fourth-order valence-electron chi connectivity index (χ4n) is 1.43. The van der Waals surface area contributed by atoms with Gasteiger partial charge in [-0.3, -0.25) is 5.32 Å². The summed E-state index contributed by atoms with van der Waals surface area (Å²) in [6.07, 6.45) is -0.757. The van der Waals surface area contributed by atoms with Crippen molar-refractivity contribution in [1.82, 2.24) is 0 Å². The molecule has 1 heterocycles. The third kappa shape index (κ3) is 1.48. The largest absolute Gasteiger partial charge is 0.441 e. The molecule has 14 heavy (non-hydrogen) atoms. The number of nitrogens with one attached hydrogen (secondary N) is 1. The number of hydrogen-bond donors (Lipinski definition) is 1. The van der Waals surface area contributed by atoms with Crippen LogP contribution in [-0.2, 0) is 4.74 Å². The molecule has 1 atom stereocenters. The SMILES string of the molecule is CC1OC(=O)Nc2ccc(Br)c(Cl)c21. The molecule has 0 aromatic heterocycles. The summed E-state index contributed by atoms with van der Waals surface area (Å²) in [5.41, 5.74) is 1.52. The molecule has 1 aliphatic heterocycles. The quantitative estimate of drug-likeness (QED) is 0.784. The Bertz CT molecular complexity index is 408. The zero-order valence-electron chi connectivity index (χ0n) is 7.30. The van der Waals surface area contributed by atoms with E-state index in [0.29, 0.717) is 10.7 Å². The monoisotopic (exact) mass is 275 g/mol. The molecule has 0 radical (unpaired) electrons. The highest BCUT2D eigenvalue weighted by Gasteiger charge is 2.25. The number of hydrogen-bond acceptors (Lipinski definition) is 2. The number of ether oxygens (including phenoxy) is 1. The van der Waals surface area contributed by atoms with Gasteiger partial charge in [-0.1, -0.05) is 11.6 Å². The summed E-state index contributed by atoms with van der Waals surface area (Å²) in [7, 11) is 0. The van der Waals surface area contributed by atoms with Gasteiger partial charge in [0.1, 0.15) is 6.10 Å². The average Bonchev–Trinajstić information content (AvgIpc) is 2.10. The van der Waals surface area contributed by atoms with Crippen molar-refractivity contribution >= 4 is 39.3 Å². The molecule has 0 saturated heterocycles. The Labute approximate surface area is 94.5 Å². The fraction of sp³-hybridized carbons (Fsp3) is 0.222. The van der Waals surface area contributed by atoms with Gasteiger partial charge < -0.3 is 4.74 Å². The number of carbonyl (C=O) groups is 1. The molecule has 1 aliphatic rings. The number of benzene rings is 1. The van der Waals surface area contributed by atoms with E-state index in [0.717, 1.165) is 10.0 Å². The van der Waals surface area contributed by atoms with Crippen molar-refractivity contribution in [3.63, 3.8) is 0 Å². The lowest BCUT2D eigenvalue weighted by Gasteiger charge is -2.24. The molecule has 0 bridgehead atoms. The Morgan fingerprint density at radius 2 is 2.29 bits per heavy atom. The van der Waals surface area contributed by atoms with Gasteiger partial charge in [0.05, 0.1) is 10.7 Å². The van der Waals surface area contributed by atoms with Crippen LogP contribution in [0.1, 0.15) is 18.6 Å². The molecule has 3 nitrogen and oxygen atoms in total. The Kier molecular flexibility index (Phi) is 2.41. The fourth-order valence-corrected chi connectivity index (χ4v) is 2.10. The maximum Gasteiger partial charge on any atom is 0.412 e. The van der Waals surface area contributed by atoms with Crippen molar-refractivity contribution in [2.75, 3.05) is 5.32 Å². The second-order valence-corrected chi connectivity index (χ2v) is 4.23. The first-order chi connectivity index (χ1) is 6.59. The summed E-state index contributed by atoms with van der Waals surface area (Å²) in [6, 6.07) is 3.59. The highest BCUT2D eigenvalue weighted by molar-refractivity contribution is 9.10. The number of halogens is 2. The molecule has 1 aromatic carbocycles. The number of fused-ring (bicyclic) bond motifs is 1. The zero-order valence-corrected chi connectivity index (χ0v) is 9.65. The zero-order chi connectivity index (χ0) is 10.3. The summed E-state index contributed by atoms with van der Waals surface area (Å²) >= 11 is 9.39. The van der Waals surface area contributed by atoms with Crippen molar-refractivity contribution in [2.24, 2.45) is 0 Å². The van der Waals surface area contributed by atoms with Gasteiger partial charge in [0, 0.05) is 10.0 Å². The van der Waals surface area contributed by atoms with Crippen LogP contribution in [0, 0.1) is 0 Å². The van der Waals surface area contributed by atoms with E-state index in [1.54, 1.807) is 19.1 Å². The van der Waals surface area contributed by atoms with Gasteiger partial charge in [0.25, 0.3) is 0 Å². The van der Waals surface area contributed by atoms with E-state index in [1.165, 1.54) is 0 Å². The number of anilines is 1. The van der Waals surface area contributed by atoms with E-state index in [1.807, 2.05) is 0 Å². The van der Waals surface area contributed by atoms with Gasteiger partial charge in [-0.05, 0) is 35.0 Å². The minimum atomic E-state index is -0.441. The Morgan fingerprint density at radius 1 is 1.57 bits per heavy atom. The summed E-state index contributed by atoms with van der Waals surface area (Å²) in [5, 5.41) is 3.17. The molecule has 2 rings (SSSR count). The predicted molar refractivity (Wildman–Crippen MR) is 57.7 cm³/mol. The van der Waals surface area contributed by atoms with Crippen LogP contribution in [0.5, 0.6) is 0 Å². The van der Waals surface area contributed by atoms with E-state index >= 15 is 0 Å². The van der Waals surface area contributed by atoms with Crippen LogP contribution < -0.4 is 5.32 Å². The van der Waals surface area contributed by atoms with E-state index in [-0.39, 0.29) is 6.10 Å². The van der Waals surface area contributed by atoms with E-state index in [4.69, 9.17) is 16.3 Å². The van der Waals surface area contributed by atoms with Crippen LogP contribution in [0.15, 0.2) is 16.6 Å². The summed E-state index contributed by atoms with van der Waals surface area (Å²) < 4.78 is 5.79. The van der Waals surface area contributed by atoms with Gasteiger partial charge >= 0.3 is 6.09 Å². The summed E-state index contributed by atoms with van der Waals surface area (Å²) in [6.45, 7) is 1.79. The van der Waals surface area contributed by atoms with Crippen molar-refractivity contribution < 1.29 is 9.53 Å². The summed E-state index contributed by atoms with van der Waals surface area (Å²) in [5.74, 6) is 0. The van der Waals surface area contributed by atoms with Crippen LogP contribution in [0.3, 0.4) is 0 Å². The van der Waals surface area contributed by atoms with Crippen molar-refractivity contribution in [2.45, 2.75) is 13.0 Å². The van der Waals surface area contributed by atoms with Crippen LogP contribution in [0.2, 0.25) is 5.02 Å². The van der Waals surface area contributed by atoms with Gasteiger partial charge in [-0.15, -0.1) is 0 Å². The third-order valence-electron chi connectivity index (χ3n) is 2.06. The molecule has 1 unspecified atom stereocenters. The molecule has 5 heteroatoms. The Hall–Kier alpha value is -0.740. The van der Waals surface area contributed by atoms with Crippen LogP contribution in [0.25, 0.3) is 0 Å². The number of cyclic esters (lactones) is 1. The molecule has 1 amide bonds. The van der Waals surface area contributed by atoms with Crippen molar-refractivity contribution in [3.8, 4) is 0 Å². The summed E-state index contributed by atoms with van der Waals surface area (Å²) in [4.78, 5) is 11.0. The highest BCUT2D eigenvalue weighted by atomic mass is 79.9. The lowest BCUT2D eigenvalue weighted by atomic mass is 10.1. The van der Waals surface area contributed by atoms with Crippen molar-refractivity contribution in [3.05, 3.63) is 27.2 Å². The molecule has 1 N–H and O–H groups in total. The van der Waals surface area contributed by atoms with E-state index in [9.17, 15) is 4.79 Å². The lowest BCUT2D eigenvalue weighted by Crippen LogP contribution is -2.23. The molecule has 0 spiro atoms. The Morgan fingerprint density at radius 3 is 3.00 bits per heavy atom. The molecule has 0 saturated carbocycles. The molecule has 0 fully saturated rings. The molecular formula is C9H7BrClNO2. The standard InChI is InChI=1S/C9H7BrClNO2/c1-4-7-6(12-9(13)14-4)3-2-5(10)8(7)11/h2-4H,1H3,(H,12,13). The first-order valence-electron chi connectivity index (χ1n) is 4.05. The van der Waals surface area contributed by atoms with Crippen LogP contribution in [0.4, 0.5) is 10.5 Å². The minimum Gasteiger partial charge on any atom is -0.441 e. The second kappa shape index (κ2) is 3.44. The highest BCUT2D eigenvalue weighted by Crippen LogP contribution is 2.39. The van der Waals surface area contributed by atoms with E-state index < -0.39 is 6.09 Å². The Balaban J connectivity index is 2.59. The normalized spacial score (nSPS) is 19.6. The second-order valence-electron chi connectivity index (χ2n) is 3.00. The number of amides is 1. The van der Waals surface area contributed by atoms with Gasteiger partial charge in [0.2, 0.25) is 0 Å². The average molecular weight is 277 g/mol.